The van der Waals surface area contributed by atoms with Crippen LogP contribution in [0.25, 0.3) is 0 Å². The molecule has 0 bridgehead atoms. The summed E-state index contributed by atoms with van der Waals surface area (Å²) in [6, 6.07) is 9.99. The lowest BCUT2D eigenvalue weighted by molar-refractivity contribution is -0.114. The van der Waals surface area contributed by atoms with E-state index in [4.69, 9.17) is 9.47 Å². The van der Waals surface area contributed by atoms with Crippen LogP contribution in [-0.2, 0) is 14.8 Å². The van der Waals surface area contributed by atoms with Crippen molar-refractivity contribution in [2.45, 2.75) is 25.7 Å². The van der Waals surface area contributed by atoms with Crippen molar-refractivity contribution < 1.29 is 22.7 Å². The van der Waals surface area contributed by atoms with Gasteiger partial charge in [0.2, 0.25) is 15.9 Å². The highest BCUT2D eigenvalue weighted by Gasteiger charge is 2.17. The second-order valence-corrected chi connectivity index (χ2v) is 7.75. The van der Waals surface area contributed by atoms with E-state index < -0.39 is 10.0 Å². The SMILES string of the molecule is COc1ccc(S(=O)(=O)NCCOc2cccc(C)c2C)cc1NC(C)=O. The lowest BCUT2D eigenvalue weighted by Gasteiger charge is -2.13. The molecule has 0 radical (unpaired) electrons. The molecule has 0 unspecified atom stereocenters. The molecule has 2 rings (SSSR count). The first-order valence-corrected chi connectivity index (χ1v) is 9.87. The fourth-order valence-electron chi connectivity index (χ4n) is 2.44. The minimum absolute atomic E-state index is 0.0267. The summed E-state index contributed by atoms with van der Waals surface area (Å²) in [5, 5.41) is 2.56. The molecule has 7 nitrogen and oxygen atoms in total. The molecule has 2 aromatic carbocycles. The molecule has 0 spiro atoms. The van der Waals surface area contributed by atoms with Crippen molar-refractivity contribution in [2.75, 3.05) is 25.6 Å². The van der Waals surface area contributed by atoms with Crippen LogP contribution in [0.5, 0.6) is 11.5 Å². The Morgan fingerprint density at radius 1 is 1.11 bits per heavy atom. The Labute approximate surface area is 159 Å². The van der Waals surface area contributed by atoms with Gasteiger partial charge in [-0.3, -0.25) is 4.79 Å². The van der Waals surface area contributed by atoms with E-state index in [2.05, 4.69) is 10.0 Å². The summed E-state index contributed by atoms with van der Waals surface area (Å²) in [4.78, 5) is 11.3. The first-order chi connectivity index (χ1) is 12.7. The third kappa shape index (κ3) is 5.45. The summed E-state index contributed by atoms with van der Waals surface area (Å²) in [7, 11) is -2.31. The molecular formula is C19H24N2O5S. The highest BCUT2D eigenvalue weighted by molar-refractivity contribution is 7.89. The molecule has 1 amide bonds. The molecule has 0 aliphatic heterocycles. The van der Waals surface area contributed by atoms with E-state index in [0.717, 1.165) is 16.9 Å². The quantitative estimate of drug-likeness (QED) is 0.674. The van der Waals surface area contributed by atoms with Crippen LogP contribution in [0.3, 0.4) is 0 Å². The summed E-state index contributed by atoms with van der Waals surface area (Å²) in [5.41, 5.74) is 2.42. The first-order valence-electron chi connectivity index (χ1n) is 8.39. The number of hydrogen-bond acceptors (Lipinski definition) is 5. The molecule has 0 atom stereocenters. The normalized spacial score (nSPS) is 11.1. The fourth-order valence-corrected chi connectivity index (χ4v) is 3.48. The summed E-state index contributed by atoms with van der Waals surface area (Å²) in [6.07, 6.45) is 0. The molecule has 0 fully saturated rings. The van der Waals surface area contributed by atoms with Crippen LogP contribution < -0.4 is 19.5 Å². The topological polar surface area (TPSA) is 93.7 Å². The van der Waals surface area contributed by atoms with E-state index in [0.29, 0.717) is 11.4 Å². The highest BCUT2D eigenvalue weighted by atomic mass is 32.2. The molecule has 0 aromatic heterocycles. The van der Waals surface area contributed by atoms with Gasteiger partial charge in [0.15, 0.2) is 0 Å². The standard InChI is InChI=1S/C19H24N2O5S/c1-13-6-5-7-18(14(13)2)26-11-10-20-27(23,24)16-8-9-19(25-4)17(12-16)21-15(3)22/h5-9,12,20H,10-11H2,1-4H3,(H,21,22). The average molecular weight is 392 g/mol. The Hall–Kier alpha value is -2.58. The molecule has 146 valence electrons. The molecule has 2 N–H and O–H groups in total. The number of nitrogens with one attached hydrogen (secondary N) is 2. The van der Waals surface area contributed by atoms with Crippen molar-refractivity contribution >= 4 is 21.6 Å². The molecule has 2 aromatic rings. The van der Waals surface area contributed by atoms with Crippen molar-refractivity contribution in [1.29, 1.82) is 0 Å². The van der Waals surface area contributed by atoms with Crippen molar-refractivity contribution in [2.24, 2.45) is 0 Å². The summed E-state index contributed by atoms with van der Waals surface area (Å²) < 4.78 is 38.2. The molecule has 0 aliphatic rings. The van der Waals surface area contributed by atoms with E-state index in [-0.39, 0.29) is 24.0 Å². The Morgan fingerprint density at radius 3 is 2.52 bits per heavy atom. The maximum atomic E-state index is 12.5. The summed E-state index contributed by atoms with van der Waals surface area (Å²) in [5.74, 6) is 0.784. The molecule has 0 saturated carbocycles. The van der Waals surface area contributed by atoms with Crippen LogP contribution in [0.1, 0.15) is 18.1 Å². The number of aryl methyl sites for hydroxylation is 1. The van der Waals surface area contributed by atoms with Gasteiger partial charge in [0, 0.05) is 13.5 Å². The van der Waals surface area contributed by atoms with E-state index in [1.807, 2.05) is 32.0 Å². The van der Waals surface area contributed by atoms with Gasteiger partial charge in [0.25, 0.3) is 0 Å². The van der Waals surface area contributed by atoms with Crippen molar-refractivity contribution in [3.05, 3.63) is 47.5 Å². The van der Waals surface area contributed by atoms with Gasteiger partial charge >= 0.3 is 0 Å². The zero-order valence-corrected chi connectivity index (χ0v) is 16.6. The van der Waals surface area contributed by atoms with Crippen molar-refractivity contribution in [3.8, 4) is 11.5 Å². The zero-order chi connectivity index (χ0) is 20.0. The maximum Gasteiger partial charge on any atom is 0.240 e. The molecule has 0 heterocycles. The summed E-state index contributed by atoms with van der Waals surface area (Å²) >= 11 is 0. The van der Waals surface area contributed by atoms with Crippen molar-refractivity contribution in [1.82, 2.24) is 4.72 Å². The van der Waals surface area contributed by atoms with Gasteiger partial charge in [-0.1, -0.05) is 12.1 Å². The van der Waals surface area contributed by atoms with Crippen molar-refractivity contribution in [3.63, 3.8) is 0 Å². The molecule has 8 heteroatoms. The minimum atomic E-state index is -3.75. The van der Waals surface area contributed by atoms with E-state index in [9.17, 15) is 13.2 Å². The molecular weight excluding hydrogens is 368 g/mol. The van der Waals surface area contributed by atoms with Gasteiger partial charge < -0.3 is 14.8 Å². The second kappa shape index (κ2) is 8.88. The summed E-state index contributed by atoms with van der Waals surface area (Å²) in [6.45, 7) is 5.58. The molecule has 27 heavy (non-hydrogen) atoms. The molecule has 0 saturated heterocycles. The number of methoxy groups -OCH3 is 1. The van der Waals surface area contributed by atoms with Gasteiger partial charge in [-0.15, -0.1) is 0 Å². The number of anilines is 1. The molecule has 0 aliphatic carbocycles. The minimum Gasteiger partial charge on any atom is -0.495 e. The predicted molar refractivity (Wildman–Crippen MR) is 104 cm³/mol. The van der Waals surface area contributed by atoms with Crippen LogP contribution in [0.4, 0.5) is 5.69 Å². The highest BCUT2D eigenvalue weighted by Crippen LogP contribution is 2.27. The van der Waals surface area contributed by atoms with Crippen LogP contribution in [0, 0.1) is 13.8 Å². The number of amides is 1. The maximum absolute atomic E-state index is 12.5. The lowest BCUT2D eigenvalue weighted by atomic mass is 10.1. The number of carbonyl (C=O) groups is 1. The fraction of sp³-hybridized carbons (Fsp3) is 0.316. The van der Waals surface area contributed by atoms with Gasteiger partial charge in [0.1, 0.15) is 18.1 Å². The lowest BCUT2D eigenvalue weighted by Crippen LogP contribution is -2.28. The van der Waals surface area contributed by atoms with E-state index in [1.165, 1.54) is 32.2 Å². The van der Waals surface area contributed by atoms with Crippen LogP contribution in [-0.4, -0.2) is 34.6 Å². The monoisotopic (exact) mass is 392 g/mol. The third-order valence-corrected chi connectivity index (χ3v) is 5.46. The number of hydrogen-bond donors (Lipinski definition) is 2. The first kappa shape index (κ1) is 20.7. The van der Waals surface area contributed by atoms with E-state index in [1.54, 1.807) is 0 Å². The van der Waals surface area contributed by atoms with E-state index >= 15 is 0 Å². The Morgan fingerprint density at radius 2 is 1.85 bits per heavy atom. The average Bonchev–Trinajstić information content (AvgIpc) is 2.61. The number of sulfonamides is 1. The number of benzene rings is 2. The van der Waals surface area contributed by atoms with Gasteiger partial charge in [-0.2, -0.15) is 0 Å². The number of carbonyl (C=O) groups excluding carboxylic acids is 1. The second-order valence-electron chi connectivity index (χ2n) is 5.99. The Bertz CT molecular complexity index is 926. The van der Waals surface area contributed by atoms with Crippen LogP contribution in [0.2, 0.25) is 0 Å². The van der Waals surface area contributed by atoms with Gasteiger partial charge in [0.05, 0.1) is 17.7 Å². The van der Waals surface area contributed by atoms with Crippen LogP contribution >= 0.6 is 0 Å². The Balaban J connectivity index is 2.03. The van der Waals surface area contributed by atoms with Gasteiger partial charge in [-0.05, 0) is 49.2 Å². The van der Waals surface area contributed by atoms with Crippen LogP contribution in [0.15, 0.2) is 41.3 Å². The number of ether oxygens (including phenoxy) is 2. The van der Waals surface area contributed by atoms with Gasteiger partial charge in [-0.25, -0.2) is 13.1 Å². The Kier molecular flexibility index (Phi) is 6.81. The number of rotatable bonds is 8. The predicted octanol–water partition coefficient (Wildman–Crippen LogP) is 2.63. The zero-order valence-electron chi connectivity index (χ0n) is 15.8. The largest absolute Gasteiger partial charge is 0.495 e. The third-order valence-electron chi connectivity index (χ3n) is 4.00. The smallest absolute Gasteiger partial charge is 0.240 e.